The minimum atomic E-state index is -1.12. The van der Waals surface area contributed by atoms with Crippen molar-refractivity contribution in [3.63, 3.8) is 0 Å². The van der Waals surface area contributed by atoms with Gasteiger partial charge in [0, 0.05) is 51.8 Å². The van der Waals surface area contributed by atoms with E-state index in [1.165, 1.54) is 0 Å². The van der Waals surface area contributed by atoms with E-state index >= 15 is 0 Å². The normalized spacial score (nSPS) is 12.4. The Kier molecular flexibility index (Phi) is 5.88. The summed E-state index contributed by atoms with van der Waals surface area (Å²) in [5.41, 5.74) is 5.24. The number of nitrogens with one attached hydrogen (secondary N) is 2. The van der Waals surface area contributed by atoms with Crippen molar-refractivity contribution >= 4 is 44.7 Å². The summed E-state index contributed by atoms with van der Waals surface area (Å²) >= 11 is 0. The van der Waals surface area contributed by atoms with Gasteiger partial charge < -0.3 is 24.2 Å². The molecule has 0 bridgehead atoms. The van der Waals surface area contributed by atoms with Crippen LogP contribution in [0.2, 0.25) is 0 Å². The van der Waals surface area contributed by atoms with Crippen LogP contribution in [-0.2, 0) is 22.4 Å². The van der Waals surface area contributed by atoms with Gasteiger partial charge in [-0.3, -0.25) is 4.79 Å². The van der Waals surface area contributed by atoms with Crippen molar-refractivity contribution in [2.75, 3.05) is 0 Å². The van der Waals surface area contributed by atoms with E-state index in [0.717, 1.165) is 43.9 Å². The maximum absolute atomic E-state index is 12.8. The molecule has 1 unspecified atom stereocenters. The highest BCUT2D eigenvalue weighted by atomic mass is 16.4. The Hall–Kier alpha value is -4.33. The Labute approximate surface area is 205 Å². The highest BCUT2D eigenvalue weighted by Gasteiger charge is 2.23. The van der Waals surface area contributed by atoms with Gasteiger partial charge in [0.25, 0.3) is 0 Å². The number of aromatic nitrogens is 1. The van der Waals surface area contributed by atoms with E-state index in [1.807, 2.05) is 51.1 Å². The van der Waals surface area contributed by atoms with Crippen LogP contribution in [0.4, 0.5) is 0 Å². The molecule has 0 aliphatic carbocycles. The van der Waals surface area contributed by atoms with Crippen molar-refractivity contribution in [3.05, 3.63) is 81.0 Å². The van der Waals surface area contributed by atoms with Crippen LogP contribution in [0.5, 0.6) is 0 Å². The average Bonchev–Trinajstić information content (AvgIpc) is 3.43. The predicted molar refractivity (Wildman–Crippen MR) is 136 cm³/mol. The van der Waals surface area contributed by atoms with Gasteiger partial charge in [0.1, 0.15) is 17.2 Å². The number of amides is 1. The molecule has 0 radical (unpaired) electrons. The third-order valence-corrected chi connectivity index (χ3v) is 6.87. The summed E-state index contributed by atoms with van der Waals surface area (Å²) in [5, 5.41) is 15.0. The monoisotopic (exact) mass is 486 g/mol. The Morgan fingerprint density at radius 2 is 1.83 bits per heavy atom. The average molecular weight is 487 g/mol. The number of carboxylic acid groups (broad SMARTS) is 1. The van der Waals surface area contributed by atoms with E-state index in [2.05, 4.69) is 10.3 Å². The largest absolute Gasteiger partial charge is 0.480 e. The second kappa shape index (κ2) is 9.03. The first-order valence-electron chi connectivity index (χ1n) is 11.8. The van der Waals surface area contributed by atoms with E-state index < -0.39 is 23.5 Å². The molecule has 3 N–H and O–H groups in total. The fourth-order valence-electron chi connectivity index (χ4n) is 4.83. The van der Waals surface area contributed by atoms with E-state index in [1.54, 1.807) is 12.5 Å². The van der Waals surface area contributed by atoms with Crippen molar-refractivity contribution < 1.29 is 23.5 Å². The van der Waals surface area contributed by atoms with E-state index in [0.29, 0.717) is 16.7 Å². The summed E-state index contributed by atoms with van der Waals surface area (Å²) < 4.78 is 11.3. The number of rotatable bonds is 7. The number of carbonyl (C=O) groups excluding carboxylic acids is 1. The summed E-state index contributed by atoms with van der Waals surface area (Å²) in [7, 11) is 0. The van der Waals surface area contributed by atoms with Crippen molar-refractivity contribution in [2.24, 2.45) is 0 Å². The van der Waals surface area contributed by atoms with Gasteiger partial charge in [-0.1, -0.05) is 18.2 Å². The number of para-hydroxylation sites is 1. The molecule has 0 aliphatic heterocycles. The van der Waals surface area contributed by atoms with Gasteiger partial charge in [0.2, 0.25) is 5.91 Å². The first-order valence-corrected chi connectivity index (χ1v) is 11.8. The Morgan fingerprint density at radius 3 is 2.61 bits per heavy atom. The molecule has 184 valence electrons. The van der Waals surface area contributed by atoms with Crippen LogP contribution in [0.25, 0.3) is 32.8 Å². The lowest BCUT2D eigenvalue weighted by molar-refractivity contribution is -0.141. The maximum atomic E-state index is 12.8. The van der Waals surface area contributed by atoms with Crippen LogP contribution in [0.15, 0.2) is 56.4 Å². The zero-order chi connectivity index (χ0) is 25.6. The molecule has 1 amide bonds. The maximum Gasteiger partial charge on any atom is 0.339 e. The summed E-state index contributed by atoms with van der Waals surface area (Å²) in [5.74, 6) is -1.57. The number of benzene rings is 2. The van der Waals surface area contributed by atoms with Gasteiger partial charge in [0.15, 0.2) is 0 Å². The Balaban J connectivity index is 1.35. The molecular weight excluding hydrogens is 460 g/mol. The van der Waals surface area contributed by atoms with Crippen LogP contribution >= 0.6 is 0 Å². The number of carbonyl (C=O) groups is 2. The standard InChI is InChI=1S/C28H26N2O6/c1-14-13-35-25-16(3)26-21(11-20(14)25)15(2)18(28(34)36-26)8-9-24(31)30-23(27(32)33)10-17-12-29-22-7-5-4-6-19(17)22/h4-7,11-13,23,29H,8-10H2,1-3H3,(H,30,31)(H,32,33). The molecule has 8 heteroatoms. The number of carboxylic acids is 1. The van der Waals surface area contributed by atoms with Gasteiger partial charge >= 0.3 is 11.6 Å². The highest BCUT2D eigenvalue weighted by molar-refractivity contribution is 5.99. The number of H-pyrrole nitrogens is 1. The number of aromatic amines is 1. The second-order valence-electron chi connectivity index (χ2n) is 9.19. The smallest absolute Gasteiger partial charge is 0.339 e. The molecule has 0 saturated heterocycles. The number of hydrogen-bond donors (Lipinski definition) is 3. The molecular formula is C28H26N2O6. The SMILES string of the molecule is Cc1coc2c(C)c3oc(=O)c(CCC(=O)NC(Cc4c[nH]c5ccccc45)C(=O)O)c(C)c3cc12. The van der Waals surface area contributed by atoms with Crippen molar-refractivity contribution in [3.8, 4) is 0 Å². The zero-order valence-electron chi connectivity index (χ0n) is 20.2. The second-order valence-corrected chi connectivity index (χ2v) is 9.19. The molecule has 0 aliphatic rings. The molecule has 5 rings (SSSR count). The van der Waals surface area contributed by atoms with Gasteiger partial charge in [-0.15, -0.1) is 0 Å². The predicted octanol–water partition coefficient (Wildman–Crippen LogP) is 4.69. The van der Waals surface area contributed by atoms with Gasteiger partial charge in [-0.25, -0.2) is 9.59 Å². The quantitative estimate of drug-likeness (QED) is 0.287. The highest BCUT2D eigenvalue weighted by Crippen LogP contribution is 2.32. The Bertz CT molecular complexity index is 1700. The van der Waals surface area contributed by atoms with Crippen molar-refractivity contribution in [1.82, 2.24) is 10.3 Å². The zero-order valence-corrected chi connectivity index (χ0v) is 20.2. The summed E-state index contributed by atoms with van der Waals surface area (Å²) in [6.45, 7) is 5.64. The number of aryl methyl sites for hydroxylation is 3. The lowest BCUT2D eigenvalue weighted by Gasteiger charge is -2.15. The molecule has 5 aromatic rings. The number of furan rings is 1. The van der Waals surface area contributed by atoms with Gasteiger partial charge in [0.05, 0.1) is 6.26 Å². The number of hydrogen-bond acceptors (Lipinski definition) is 5. The van der Waals surface area contributed by atoms with Gasteiger partial charge in [-0.05, 0) is 56.0 Å². The van der Waals surface area contributed by atoms with Gasteiger partial charge in [-0.2, -0.15) is 0 Å². The molecule has 3 aromatic heterocycles. The minimum Gasteiger partial charge on any atom is -0.480 e. The van der Waals surface area contributed by atoms with Crippen LogP contribution in [0, 0.1) is 20.8 Å². The molecule has 0 spiro atoms. The third kappa shape index (κ3) is 4.04. The molecule has 2 aromatic carbocycles. The van der Waals surface area contributed by atoms with E-state index in [-0.39, 0.29) is 19.3 Å². The van der Waals surface area contributed by atoms with Crippen LogP contribution in [-0.4, -0.2) is 28.0 Å². The topological polar surface area (TPSA) is 126 Å². The summed E-state index contributed by atoms with van der Waals surface area (Å²) in [6, 6.07) is 8.44. The van der Waals surface area contributed by atoms with Crippen molar-refractivity contribution in [1.29, 1.82) is 0 Å². The summed E-state index contributed by atoms with van der Waals surface area (Å²) in [6.07, 6.45) is 3.67. The molecule has 3 heterocycles. The molecule has 0 saturated carbocycles. The van der Waals surface area contributed by atoms with Crippen LogP contribution < -0.4 is 10.9 Å². The fraction of sp³-hybridized carbons (Fsp3) is 0.250. The molecule has 8 nitrogen and oxygen atoms in total. The minimum absolute atomic E-state index is 0.0409. The first kappa shape index (κ1) is 23.4. The lowest BCUT2D eigenvalue weighted by atomic mass is 9.98. The summed E-state index contributed by atoms with van der Waals surface area (Å²) in [4.78, 5) is 40.5. The first-order chi connectivity index (χ1) is 17.2. The van der Waals surface area contributed by atoms with Crippen molar-refractivity contribution in [2.45, 2.75) is 46.1 Å². The number of aliphatic carboxylic acids is 1. The molecule has 1 atom stereocenters. The van der Waals surface area contributed by atoms with E-state index in [4.69, 9.17) is 8.83 Å². The van der Waals surface area contributed by atoms with Crippen LogP contribution in [0.3, 0.4) is 0 Å². The fourth-order valence-corrected chi connectivity index (χ4v) is 4.83. The van der Waals surface area contributed by atoms with Crippen LogP contribution in [0.1, 0.15) is 34.2 Å². The third-order valence-electron chi connectivity index (χ3n) is 6.87. The number of fused-ring (bicyclic) bond motifs is 3. The Morgan fingerprint density at radius 1 is 1.06 bits per heavy atom. The molecule has 36 heavy (non-hydrogen) atoms. The van der Waals surface area contributed by atoms with E-state index in [9.17, 15) is 19.5 Å². The lowest BCUT2D eigenvalue weighted by Crippen LogP contribution is -2.42. The molecule has 0 fully saturated rings.